The Kier molecular flexibility index (Phi) is 7.06. The molecule has 0 aliphatic carbocycles. The largest absolute Gasteiger partial charge is 0.496 e. The standard InChI is InChI=1S/C24H32N2O4S/c1-16-10-12-26(13-11-16)31(28,29)20-7-9-23(30-5)22(15-20)24(27)25-19(4)21-8-6-17(2)14-18(21)3/h6-9,14-16,19H,10-13H2,1-5H3,(H,25,27)/t19-/m0/s1. The Hall–Kier alpha value is -2.38. The van der Waals surface area contributed by atoms with Gasteiger partial charge < -0.3 is 10.1 Å². The van der Waals surface area contributed by atoms with Crippen LogP contribution in [-0.2, 0) is 10.0 Å². The van der Waals surface area contributed by atoms with Crippen molar-refractivity contribution >= 4 is 15.9 Å². The summed E-state index contributed by atoms with van der Waals surface area (Å²) in [6, 6.07) is 10.3. The van der Waals surface area contributed by atoms with Gasteiger partial charge in [0.1, 0.15) is 5.75 Å². The number of rotatable bonds is 6. The fourth-order valence-electron chi connectivity index (χ4n) is 4.06. The quantitative estimate of drug-likeness (QED) is 0.724. The van der Waals surface area contributed by atoms with Gasteiger partial charge in [-0.2, -0.15) is 4.31 Å². The summed E-state index contributed by atoms with van der Waals surface area (Å²) in [5.41, 5.74) is 3.48. The molecular formula is C24H32N2O4S. The van der Waals surface area contributed by atoms with Crippen LogP contribution in [0.1, 0.15) is 59.8 Å². The first-order valence-corrected chi connectivity index (χ1v) is 12.1. The van der Waals surface area contributed by atoms with Crippen LogP contribution in [0, 0.1) is 19.8 Å². The monoisotopic (exact) mass is 444 g/mol. The third-order valence-corrected chi connectivity index (χ3v) is 7.93. The Bertz CT molecular complexity index is 1060. The van der Waals surface area contributed by atoms with E-state index in [2.05, 4.69) is 18.3 Å². The van der Waals surface area contributed by atoms with E-state index in [4.69, 9.17) is 4.74 Å². The fraction of sp³-hybridized carbons (Fsp3) is 0.458. The molecule has 0 spiro atoms. The van der Waals surface area contributed by atoms with Gasteiger partial charge in [0.25, 0.3) is 5.91 Å². The summed E-state index contributed by atoms with van der Waals surface area (Å²) in [5.74, 6) is 0.501. The summed E-state index contributed by atoms with van der Waals surface area (Å²) >= 11 is 0. The van der Waals surface area contributed by atoms with E-state index in [0.29, 0.717) is 24.8 Å². The minimum atomic E-state index is -3.66. The first-order valence-electron chi connectivity index (χ1n) is 10.7. The van der Waals surface area contributed by atoms with Gasteiger partial charge in [-0.25, -0.2) is 8.42 Å². The summed E-state index contributed by atoms with van der Waals surface area (Å²) in [6.07, 6.45) is 1.69. The predicted octanol–water partition coefficient (Wildman–Crippen LogP) is 4.22. The Balaban J connectivity index is 1.87. The highest BCUT2D eigenvalue weighted by atomic mass is 32.2. The zero-order valence-electron chi connectivity index (χ0n) is 18.9. The van der Waals surface area contributed by atoms with Crippen molar-refractivity contribution in [1.82, 2.24) is 9.62 Å². The fourth-order valence-corrected chi connectivity index (χ4v) is 5.56. The van der Waals surface area contributed by atoms with Crippen molar-refractivity contribution in [2.45, 2.75) is 51.5 Å². The van der Waals surface area contributed by atoms with Crippen LogP contribution in [0.25, 0.3) is 0 Å². The third-order valence-electron chi connectivity index (χ3n) is 6.04. The highest BCUT2D eigenvalue weighted by Crippen LogP contribution is 2.28. The molecule has 0 aromatic heterocycles. The number of nitrogens with one attached hydrogen (secondary N) is 1. The maximum absolute atomic E-state index is 13.1. The zero-order chi connectivity index (χ0) is 22.8. The number of hydrogen-bond donors (Lipinski definition) is 1. The third kappa shape index (κ3) is 5.10. The Morgan fingerprint density at radius 1 is 1.13 bits per heavy atom. The smallest absolute Gasteiger partial charge is 0.255 e. The summed E-state index contributed by atoms with van der Waals surface area (Å²) in [4.78, 5) is 13.2. The van der Waals surface area contributed by atoms with Gasteiger partial charge in [0.2, 0.25) is 10.0 Å². The van der Waals surface area contributed by atoms with Crippen LogP contribution < -0.4 is 10.1 Å². The highest BCUT2D eigenvalue weighted by Gasteiger charge is 2.29. The Labute approximate surface area is 185 Å². The number of carbonyl (C=O) groups excluding carboxylic acids is 1. The number of ether oxygens (including phenoxy) is 1. The molecule has 168 valence electrons. The number of amides is 1. The molecular weight excluding hydrogens is 412 g/mol. The van der Waals surface area contributed by atoms with E-state index in [1.54, 1.807) is 6.07 Å². The molecule has 0 saturated carbocycles. The number of sulfonamides is 1. The first kappa shape index (κ1) is 23.3. The molecule has 31 heavy (non-hydrogen) atoms. The van der Waals surface area contributed by atoms with Crippen molar-refractivity contribution in [2.24, 2.45) is 5.92 Å². The lowest BCUT2D eigenvalue weighted by atomic mass is 10.00. The van der Waals surface area contributed by atoms with Crippen molar-refractivity contribution < 1.29 is 17.9 Å². The molecule has 0 unspecified atom stereocenters. The number of nitrogens with zero attached hydrogens (tertiary/aromatic N) is 1. The van der Waals surface area contributed by atoms with E-state index in [1.165, 1.54) is 23.5 Å². The second-order valence-corrected chi connectivity index (χ2v) is 10.4. The van der Waals surface area contributed by atoms with Crippen LogP contribution in [0.15, 0.2) is 41.3 Å². The molecule has 1 amide bonds. The highest BCUT2D eigenvalue weighted by molar-refractivity contribution is 7.89. The summed E-state index contributed by atoms with van der Waals surface area (Å²) in [5, 5.41) is 2.98. The summed E-state index contributed by atoms with van der Waals surface area (Å²) in [6.45, 7) is 9.09. The molecule has 0 bridgehead atoms. The van der Waals surface area contributed by atoms with Gasteiger partial charge in [0, 0.05) is 13.1 Å². The van der Waals surface area contributed by atoms with Gasteiger partial charge in [0.15, 0.2) is 0 Å². The van der Waals surface area contributed by atoms with Crippen LogP contribution >= 0.6 is 0 Å². The van der Waals surface area contributed by atoms with Crippen LogP contribution in [0.5, 0.6) is 5.75 Å². The molecule has 1 atom stereocenters. The SMILES string of the molecule is COc1ccc(S(=O)(=O)N2CCC(C)CC2)cc1C(=O)N[C@@H](C)c1ccc(C)cc1C. The lowest BCUT2D eigenvalue weighted by Crippen LogP contribution is -2.38. The molecule has 1 fully saturated rings. The number of carbonyl (C=O) groups is 1. The molecule has 1 saturated heterocycles. The predicted molar refractivity (Wildman–Crippen MR) is 122 cm³/mol. The molecule has 0 radical (unpaired) electrons. The van der Waals surface area contributed by atoms with Crippen molar-refractivity contribution in [3.63, 3.8) is 0 Å². The lowest BCUT2D eigenvalue weighted by molar-refractivity contribution is 0.0936. The molecule has 6 nitrogen and oxygen atoms in total. The molecule has 3 rings (SSSR count). The maximum atomic E-state index is 13.1. The summed E-state index contributed by atoms with van der Waals surface area (Å²) < 4.78 is 33.1. The molecule has 2 aromatic rings. The number of aryl methyl sites for hydroxylation is 2. The van der Waals surface area contributed by atoms with Gasteiger partial charge in [0.05, 0.1) is 23.6 Å². The average molecular weight is 445 g/mol. The zero-order valence-corrected chi connectivity index (χ0v) is 19.8. The number of hydrogen-bond acceptors (Lipinski definition) is 4. The van der Waals surface area contributed by atoms with Gasteiger partial charge in [-0.05, 0) is 68.9 Å². The second-order valence-electron chi connectivity index (χ2n) is 8.50. The van der Waals surface area contributed by atoms with Crippen molar-refractivity contribution in [1.29, 1.82) is 0 Å². The van der Waals surface area contributed by atoms with Crippen molar-refractivity contribution in [3.05, 3.63) is 58.7 Å². The Morgan fingerprint density at radius 2 is 1.81 bits per heavy atom. The van der Waals surface area contributed by atoms with E-state index in [9.17, 15) is 13.2 Å². The molecule has 1 heterocycles. The molecule has 1 aliphatic rings. The van der Waals surface area contributed by atoms with Gasteiger partial charge in [-0.1, -0.05) is 30.7 Å². The molecule has 7 heteroatoms. The average Bonchev–Trinajstić information content (AvgIpc) is 2.73. The maximum Gasteiger partial charge on any atom is 0.255 e. The van der Waals surface area contributed by atoms with E-state index in [1.807, 2.05) is 32.9 Å². The first-order chi connectivity index (χ1) is 14.6. The normalized spacial score (nSPS) is 16.7. The van der Waals surface area contributed by atoms with E-state index >= 15 is 0 Å². The van der Waals surface area contributed by atoms with E-state index in [-0.39, 0.29) is 22.4 Å². The van der Waals surface area contributed by atoms with Crippen molar-refractivity contribution in [2.75, 3.05) is 20.2 Å². The van der Waals surface area contributed by atoms with Crippen molar-refractivity contribution in [3.8, 4) is 5.75 Å². The van der Waals surface area contributed by atoms with E-state index in [0.717, 1.165) is 29.5 Å². The van der Waals surface area contributed by atoms with Gasteiger partial charge >= 0.3 is 0 Å². The molecule has 1 aliphatic heterocycles. The molecule has 2 aromatic carbocycles. The summed E-state index contributed by atoms with van der Waals surface area (Å²) in [7, 11) is -2.19. The number of methoxy groups -OCH3 is 1. The topological polar surface area (TPSA) is 75.7 Å². The van der Waals surface area contributed by atoms with Crippen LogP contribution in [0.4, 0.5) is 0 Å². The van der Waals surface area contributed by atoms with Crippen LogP contribution in [-0.4, -0.2) is 38.8 Å². The lowest BCUT2D eigenvalue weighted by Gasteiger charge is -2.29. The van der Waals surface area contributed by atoms with Gasteiger partial charge in [-0.15, -0.1) is 0 Å². The second kappa shape index (κ2) is 9.40. The number of piperidine rings is 1. The number of benzene rings is 2. The molecule has 1 N–H and O–H groups in total. The van der Waals surface area contributed by atoms with Crippen LogP contribution in [0.2, 0.25) is 0 Å². The Morgan fingerprint density at radius 3 is 2.42 bits per heavy atom. The minimum absolute atomic E-state index is 0.118. The van der Waals surface area contributed by atoms with Crippen LogP contribution in [0.3, 0.4) is 0 Å². The van der Waals surface area contributed by atoms with Gasteiger partial charge in [-0.3, -0.25) is 4.79 Å². The minimum Gasteiger partial charge on any atom is -0.496 e. The van der Waals surface area contributed by atoms with E-state index < -0.39 is 10.0 Å².